The molecule has 0 saturated heterocycles. The average Bonchev–Trinajstić information content (AvgIpc) is 2.48. The van der Waals surface area contributed by atoms with Crippen LogP contribution in [0, 0.1) is 5.41 Å². The zero-order valence-corrected chi connectivity index (χ0v) is 12.7. The van der Waals surface area contributed by atoms with Crippen LogP contribution in [0.15, 0.2) is 12.2 Å². The van der Waals surface area contributed by atoms with E-state index in [2.05, 4.69) is 0 Å². The van der Waals surface area contributed by atoms with Crippen LogP contribution < -0.4 is 0 Å². The number of hydrogen-bond acceptors (Lipinski definition) is 4. The van der Waals surface area contributed by atoms with Crippen molar-refractivity contribution in [3.05, 3.63) is 12.2 Å². The van der Waals surface area contributed by atoms with Crippen LogP contribution in [0.25, 0.3) is 0 Å². The highest BCUT2D eigenvalue weighted by Gasteiger charge is 2.48. The number of carbonyl (C=O) groups excluding carboxylic acids is 2. The summed E-state index contributed by atoms with van der Waals surface area (Å²) < 4.78 is 10.6. The summed E-state index contributed by atoms with van der Waals surface area (Å²) >= 11 is 0. The first-order valence-electron chi connectivity index (χ1n) is 7.66. The fourth-order valence-electron chi connectivity index (χ4n) is 2.18. The maximum atomic E-state index is 12.3. The molecule has 0 aromatic carbocycles. The summed E-state index contributed by atoms with van der Waals surface area (Å²) in [6, 6.07) is 0. The molecule has 0 N–H and O–H groups in total. The quantitative estimate of drug-likeness (QED) is 0.296. The maximum Gasteiger partial charge on any atom is 0.323 e. The Morgan fingerprint density at radius 2 is 1.55 bits per heavy atom. The van der Waals surface area contributed by atoms with E-state index >= 15 is 0 Å². The van der Waals surface area contributed by atoms with Gasteiger partial charge in [-0.05, 0) is 32.1 Å². The largest absolute Gasteiger partial charge is 0.465 e. The van der Waals surface area contributed by atoms with Crippen molar-refractivity contribution in [2.24, 2.45) is 5.41 Å². The third-order valence-electron chi connectivity index (χ3n) is 3.61. The van der Waals surface area contributed by atoms with E-state index in [-0.39, 0.29) is 0 Å². The van der Waals surface area contributed by atoms with E-state index in [9.17, 15) is 9.59 Å². The predicted octanol–water partition coefficient (Wildman–Crippen LogP) is 3.40. The van der Waals surface area contributed by atoms with Crippen molar-refractivity contribution in [3.8, 4) is 0 Å². The van der Waals surface area contributed by atoms with Crippen molar-refractivity contribution in [3.63, 3.8) is 0 Å². The van der Waals surface area contributed by atoms with Crippen molar-refractivity contribution in [1.29, 1.82) is 0 Å². The third kappa shape index (κ3) is 4.36. The first-order valence-corrected chi connectivity index (χ1v) is 7.66. The summed E-state index contributed by atoms with van der Waals surface area (Å²) in [5, 5.41) is 0. The molecule has 0 aromatic heterocycles. The number of hydrogen-bond donors (Lipinski definition) is 0. The molecule has 0 bridgehead atoms. The molecule has 4 nitrogen and oxygen atoms in total. The SMILES string of the molecule is CCCCOC(=O)C1(C(=O)OCCCC)CC=CCC1. The molecular weight excluding hydrogens is 256 g/mol. The topological polar surface area (TPSA) is 52.6 Å². The lowest BCUT2D eigenvalue weighted by Gasteiger charge is -2.30. The smallest absolute Gasteiger partial charge is 0.323 e. The summed E-state index contributed by atoms with van der Waals surface area (Å²) in [7, 11) is 0. The maximum absolute atomic E-state index is 12.3. The van der Waals surface area contributed by atoms with Crippen LogP contribution in [-0.4, -0.2) is 25.2 Å². The molecule has 0 aliphatic heterocycles. The van der Waals surface area contributed by atoms with E-state index in [1.54, 1.807) is 0 Å². The zero-order chi connectivity index (χ0) is 14.8. The summed E-state index contributed by atoms with van der Waals surface area (Å²) in [5.41, 5.74) is -1.11. The molecule has 1 aliphatic rings. The van der Waals surface area contributed by atoms with Crippen LogP contribution in [0.4, 0.5) is 0 Å². The number of esters is 2. The lowest BCUT2D eigenvalue weighted by molar-refractivity contribution is -0.173. The zero-order valence-electron chi connectivity index (χ0n) is 12.7. The molecule has 0 saturated carbocycles. The molecule has 4 heteroatoms. The van der Waals surface area contributed by atoms with Gasteiger partial charge in [0.2, 0.25) is 0 Å². The number of carbonyl (C=O) groups is 2. The van der Waals surface area contributed by atoms with E-state index in [1.807, 2.05) is 26.0 Å². The van der Waals surface area contributed by atoms with E-state index < -0.39 is 17.4 Å². The van der Waals surface area contributed by atoms with E-state index in [0.717, 1.165) is 25.7 Å². The van der Waals surface area contributed by atoms with Gasteiger partial charge in [-0.2, -0.15) is 0 Å². The number of ether oxygens (including phenoxy) is 2. The van der Waals surface area contributed by atoms with Crippen molar-refractivity contribution in [2.45, 2.75) is 58.8 Å². The Morgan fingerprint density at radius 1 is 1.00 bits per heavy atom. The monoisotopic (exact) mass is 282 g/mol. The van der Waals surface area contributed by atoms with Crippen LogP contribution >= 0.6 is 0 Å². The lowest BCUT2D eigenvalue weighted by atomic mass is 9.77. The Bertz CT molecular complexity index is 324. The van der Waals surface area contributed by atoms with Gasteiger partial charge in [0.15, 0.2) is 5.41 Å². The van der Waals surface area contributed by atoms with Gasteiger partial charge in [-0.3, -0.25) is 9.59 Å². The molecule has 0 fully saturated rings. The van der Waals surface area contributed by atoms with E-state index in [0.29, 0.717) is 32.5 Å². The van der Waals surface area contributed by atoms with Crippen LogP contribution in [0.5, 0.6) is 0 Å². The Hall–Kier alpha value is -1.32. The fraction of sp³-hybridized carbons (Fsp3) is 0.750. The molecule has 1 aliphatic carbocycles. The molecule has 1 rings (SSSR count). The summed E-state index contributed by atoms with van der Waals surface area (Å²) in [6.07, 6.45) is 9.03. The average molecular weight is 282 g/mol. The number of unbranched alkanes of at least 4 members (excludes halogenated alkanes) is 2. The van der Waals surface area contributed by atoms with E-state index in [4.69, 9.17) is 9.47 Å². The van der Waals surface area contributed by atoms with Crippen molar-refractivity contribution >= 4 is 11.9 Å². The van der Waals surface area contributed by atoms with Gasteiger partial charge in [0, 0.05) is 0 Å². The van der Waals surface area contributed by atoms with Crippen molar-refractivity contribution < 1.29 is 19.1 Å². The normalized spacial score (nSPS) is 16.7. The second kappa shape index (κ2) is 8.77. The van der Waals surface area contributed by atoms with Crippen LogP contribution in [-0.2, 0) is 19.1 Å². The van der Waals surface area contributed by atoms with Crippen molar-refractivity contribution in [1.82, 2.24) is 0 Å². The number of allylic oxidation sites excluding steroid dienone is 2. The molecule has 0 aromatic rings. The molecule has 0 spiro atoms. The molecule has 0 atom stereocenters. The van der Waals surface area contributed by atoms with Gasteiger partial charge in [-0.25, -0.2) is 0 Å². The first-order chi connectivity index (χ1) is 9.67. The molecule has 0 amide bonds. The van der Waals surface area contributed by atoms with Crippen LogP contribution in [0.1, 0.15) is 58.8 Å². The van der Waals surface area contributed by atoms with Gasteiger partial charge in [0.05, 0.1) is 13.2 Å². The highest BCUT2D eigenvalue weighted by Crippen LogP contribution is 2.35. The van der Waals surface area contributed by atoms with Gasteiger partial charge in [0.25, 0.3) is 0 Å². The Kier molecular flexibility index (Phi) is 7.34. The molecule has 114 valence electrons. The summed E-state index contributed by atoms with van der Waals surface area (Å²) in [5.74, 6) is -0.839. The predicted molar refractivity (Wildman–Crippen MR) is 77.2 cm³/mol. The Morgan fingerprint density at radius 3 is 1.95 bits per heavy atom. The number of rotatable bonds is 8. The standard InChI is InChI=1S/C16H26O4/c1-3-5-12-19-14(17)16(10-8-7-9-11-16)15(18)20-13-6-4-2/h7-8H,3-6,9-13H2,1-2H3. The van der Waals surface area contributed by atoms with Gasteiger partial charge in [-0.1, -0.05) is 38.8 Å². The second-order valence-electron chi connectivity index (χ2n) is 5.28. The fourth-order valence-corrected chi connectivity index (χ4v) is 2.18. The second-order valence-corrected chi connectivity index (χ2v) is 5.28. The van der Waals surface area contributed by atoms with Gasteiger partial charge < -0.3 is 9.47 Å². The van der Waals surface area contributed by atoms with Crippen LogP contribution in [0.2, 0.25) is 0 Å². The Labute approximate surface area is 121 Å². The molecular formula is C16H26O4. The lowest BCUT2D eigenvalue weighted by Crippen LogP contribution is -2.43. The molecule has 20 heavy (non-hydrogen) atoms. The van der Waals surface area contributed by atoms with Crippen molar-refractivity contribution in [2.75, 3.05) is 13.2 Å². The minimum Gasteiger partial charge on any atom is -0.465 e. The minimum absolute atomic E-state index is 0.378. The molecule has 0 heterocycles. The minimum atomic E-state index is -1.11. The highest BCUT2D eigenvalue weighted by atomic mass is 16.6. The van der Waals surface area contributed by atoms with Gasteiger partial charge in [0.1, 0.15) is 0 Å². The molecule has 0 unspecified atom stereocenters. The van der Waals surface area contributed by atoms with Gasteiger partial charge >= 0.3 is 11.9 Å². The summed E-state index contributed by atoms with van der Waals surface area (Å²) in [4.78, 5) is 24.6. The summed E-state index contributed by atoms with van der Waals surface area (Å²) in [6.45, 7) is 4.82. The third-order valence-corrected chi connectivity index (χ3v) is 3.61. The highest BCUT2D eigenvalue weighted by molar-refractivity contribution is 6.00. The van der Waals surface area contributed by atoms with Gasteiger partial charge in [-0.15, -0.1) is 0 Å². The van der Waals surface area contributed by atoms with Crippen LogP contribution in [0.3, 0.4) is 0 Å². The van der Waals surface area contributed by atoms with E-state index in [1.165, 1.54) is 0 Å². The Balaban J connectivity index is 2.67. The molecule has 0 radical (unpaired) electrons. The first kappa shape index (κ1) is 16.7.